The first-order valence-electron chi connectivity index (χ1n) is 8.70. The fourth-order valence-electron chi connectivity index (χ4n) is 3.28. The van der Waals surface area contributed by atoms with Gasteiger partial charge in [0.2, 0.25) is 0 Å². The third-order valence-corrected chi connectivity index (χ3v) is 4.75. The van der Waals surface area contributed by atoms with Crippen LogP contribution >= 0.6 is 0 Å². The molecule has 0 radical (unpaired) electrons. The summed E-state index contributed by atoms with van der Waals surface area (Å²) in [5, 5.41) is 17.6. The number of nitriles is 1. The lowest BCUT2D eigenvalue weighted by atomic mass is 10.2. The van der Waals surface area contributed by atoms with Gasteiger partial charge >= 0.3 is 12.1 Å². The zero-order valence-electron chi connectivity index (χ0n) is 14.5. The van der Waals surface area contributed by atoms with Crippen LogP contribution in [0, 0.1) is 11.3 Å². The van der Waals surface area contributed by atoms with Crippen LogP contribution in [0.4, 0.5) is 10.5 Å². The average molecular weight is 358 g/mol. The summed E-state index contributed by atoms with van der Waals surface area (Å²) < 4.78 is 5.48. The summed E-state index contributed by atoms with van der Waals surface area (Å²) in [6.45, 7) is 5.07. The van der Waals surface area contributed by atoms with Crippen molar-refractivity contribution in [2.45, 2.75) is 12.5 Å². The minimum atomic E-state index is -0.770. The van der Waals surface area contributed by atoms with Crippen LogP contribution < -0.4 is 4.90 Å². The van der Waals surface area contributed by atoms with Gasteiger partial charge in [-0.2, -0.15) is 5.26 Å². The van der Waals surface area contributed by atoms with Gasteiger partial charge in [0, 0.05) is 45.0 Å². The van der Waals surface area contributed by atoms with E-state index in [1.165, 1.54) is 0 Å². The van der Waals surface area contributed by atoms with Crippen LogP contribution in [-0.2, 0) is 9.53 Å². The van der Waals surface area contributed by atoms with Crippen LogP contribution in [0.1, 0.15) is 12.0 Å². The second-order valence-corrected chi connectivity index (χ2v) is 6.56. The van der Waals surface area contributed by atoms with Gasteiger partial charge in [0.1, 0.15) is 6.10 Å². The Morgan fingerprint density at radius 2 is 1.85 bits per heavy atom. The van der Waals surface area contributed by atoms with E-state index in [1.807, 2.05) is 0 Å². The number of carbonyl (C=O) groups excluding carboxylic acids is 1. The molecule has 2 aliphatic rings. The quantitative estimate of drug-likeness (QED) is 0.809. The molecule has 2 saturated heterocycles. The molecule has 0 saturated carbocycles. The number of hydrogen-bond donors (Lipinski definition) is 1. The first-order chi connectivity index (χ1) is 12.5. The van der Waals surface area contributed by atoms with E-state index in [-0.39, 0.29) is 18.6 Å². The van der Waals surface area contributed by atoms with Gasteiger partial charge in [-0.05, 0) is 24.3 Å². The average Bonchev–Trinajstić information content (AvgIpc) is 3.01. The largest absolute Gasteiger partial charge is 0.481 e. The molecular weight excluding hydrogens is 336 g/mol. The third kappa shape index (κ3) is 4.50. The number of hydrogen-bond acceptors (Lipinski definition) is 6. The summed E-state index contributed by atoms with van der Waals surface area (Å²) in [4.78, 5) is 28.8. The van der Waals surface area contributed by atoms with E-state index in [4.69, 9.17) is 15.1 Å². The van der Waals surface area contributed by atoms with Crippen LogP contribution in [0.3, 0.4) is 0 Å². The number of carboxylic acids is 1. The summed E-state index contributed by atoms with van der Waals surface area (Å²) >= 11 is 0. The second-order valence-electron chi connectivity index (χ2n) is 6.56. The van der Waals surface area contributed by atoms with Crippen LogP contribution in [0.5, 0.6) is 0 Å². The summed E-state index contributed by atoms with van der Waals surface area (Å²) in [5.41, 5.74) is 1.29. The number of carbonyl (C=O) groups is 2. The first-order valence-corrected chi connectivity index (χ1v) is 8.70. The van der Waals surface area contributed by atoms with Crippen molar-refractivity contribution >= 4 is 17.7 Å². The highest BCUT2D eigenvalue weighted by Gasteiger charge is 2.34. The summed E-state index contributed by atoms with van der Waals surface area (Å²) in [5.74, 6) is -0.770. The number of anilines is 1. The van der Waals surface area contributed by atoms with Gasteiger partial charge < -0.3 is 14.7 Å². The Morgan fingerprint density at radius 1 is 1.19 bits per heavy atom. The Morgan fingerprint density at radius 3 is 2.46 bits per heavy atom. The molecule has 1 aromatic carbocycles. The maximum atomic E-state index is 12.1. The molecule has 8 nitrogen and oxygen atoms in total. The van der Waals surface area contributed by atoms with Crippen molar-refractivity contribution in [3.8, 4) is 6.07 Å². The molecule has 0 aliphatic carbocycles. The number of amides is 1. The second kappa shape index (κ2) is 8.17. The zero-order valence-corrected chi connectivity index (χ0v) is 14.5. The van der Waals surface area contributed by atoms with Gasteiger partial charge in [0.25, 0.3) is 0 Å². The van der Waals surface area contributed by atoms with Crippen molar-refractivity contribution < 1.29 is 19.4 Å². The maximum absolute atomic E-state index is 12.1. The highest BCUT2D eigenvalue weighted by atomic mass is 16.6. The minimum absolute atomic E-state index is 0.166. The highest BCUT2D eigenvalue weighted by Crippen LogP contribution is 2.22. The molecule has 2 fully saturated rings. The predicted octanol–water partition coefficient (Wildman–Crippen LogP) is 0.976. The van der Waals surface area contributed by atoms with Gasteiger partial charge in [0.15, 0.2) is 0 Å². The lowest BCUT2D eigenvalue weighted by molar-refractivity contribution is -0.137. The summed E-state index contributed by atoms with van der Waals surface area (Å²) in [6.07, 6.45) is -0.386. The minimum Gasteiger partial charge on any atom is -0.481 e. The van der Waals surface area contributed by atoms with E-state index in [9.17, 15) is 9.59 Å². The fraction of sp³-hybridized carbons (Fsp3) is 0.500. The molecule has 0 aromatic heterocycles. The molecule has 138 valence electrons. The molecule has 3 rings (SSSR count). The maximum Gasteiger partial charge on any atom is 0.414 e. The van der Waals surface area contributed by atoms with Crippen molar-refractivity contribution in [2.24, 2.45) is 0 Å². The van der Waals surface area contributed by atoms with Crippen LogP contribution in [-0.4, -0.2) is 78.9 Å². The normalized spacial score (nSPS) is 21.4. The first kappa shape index (κ1) is 18.2. The zero-order chi connectivity index (χ0) is 18.5. The fourth-order valence-corrected chi connectivity index (χ4v) is 3.28. The Kier molecular flexibility index (Phi) is 5.71. The number of benzene rings is 1. The molecule has 1 aromatic rings. The van der Waals surface area contributed by atoms with Crippen molar-refractivity contribution in [2.75, 3.05) is 50.7 Å². The van der Waals surface area contributed by atoms with E-state index in [0.717, 1.165) is 31.9 Å². The highest BCUT2D eigenvalue weighted by molar-refractivity contribution is 5.89. The monoisotopic (exact) mass is 358 g/mol. The van der Waals surface area contributed by atoms with Gasteiger partial charge in [-0.3, -0.25) is 14.6 Å². The van der Waals surface area contributed by atoms with E-state index >= 15 is 0 Å². The molecule has 0 unspecified atom stereocenters. The Labute approximate surface area is 152 Å². The number of rotatable bonds is 6. The molecule has 1 amide bonds. The topological polar surface area (TPSA) is 97.1 Å². The molecule has 0 bridgehead atoms. The van der Waals surface area contributed by atoms with Crippen LogP contribution in [0.25, 0.3) is 0 Å². The summed E-state index contributed by atoms with van der Waals surface area (Å²) in [7, 11) is 0. The van der Waals surface area contributed by atoms with E-state index in [2.05, 4.69) is 15.9 Å². The third-order valence-electron chi connectivity index (χ3n) is 4.75. The Hall–Kier alpha value is -2.63. The molecule has 26 heavy (non-hydrogen) atoms. The Bertz CT molecular complexity index is 692. The van der Waals surface area contributed by atoms with Crippen molar-refractivity contribution in [3.63, 3.8) is 0 Å². The Balaban J connectivity index is 1.47. The molecule has 1 N–H and O–H groups in total. The molecular formula is C18H22N4O4. The van der Waals surface area contributed by atoms with Gasteiger partial charge in [-0.1, -0.05) is 0 Å². The van der Waals surface area contributed by atoms with Crippen LogP contribution in [0.2, 0.25) is 0 Å². The predicted molar refractivity (Wildman–Crippen MR) is 93.9 cm³/mol. The van der Waals surface area contributed by atoms with Crippen LogP contribution in [0.15, 0.2) is 24.3 Å². The number of aliphatic carboxylic acids is 1. The van der Waals surface area contributed by atoms with Crippen molar-refractivity contribution in [1.29, 1.82) is 5.26 Å². The van der Waals surface area contributed by atoms with Gasteiger partial charge in [0.05, 0.1) is 24.6 Å². The van der Waals surface area contributed by atoms with Crippen molar-refractivity contribution in [1.82, 2.24) is 9.80 Å². The number of ether oxygens (including phenoxy) is 1. The van der Waals surface area contributed by atoms with Gasteiger partial charge in [-0.25, -0.2) is 4.79 Å². The van der Waals surface area contributed by atoms with Gasteiger partial charge in [-0.15, -0.1) is 0 Å². The SMILES string of the molecule is N#Cc1ccc(N2C[C@H](CN3CCN(CCC(=O)O)CC3)OC2=O)cc1. The van der Waals surface area contributed by atoms with Crippen molar-refractivity contribution in [3.05, 3.63) is 29.8 Å². The summed E-state index contributed by atoms with van der Waals surface area (Å²) in [6, 6.07) is 8.94. The number of cyclic esters (lactones) is 1. The number of nitrogens with zero attached hydrogens (tertiary/aromatic N) is 4. The smallest absolute Gasteiger partial charge is 0.414 e. The standard InChI is InChI=1S/C18H22N4O4/c19-11-14-1-3-15(4-2-14)22-13-16(26-18(22)25)12-21-9-7-20(8-10-21)6-5-17(23)24/h1-4,16H,5-10,12-13H2,(H,23,24)/t16-/m0/s1. The molecule has 8 heteroatoms. The molecule has 1 atom stereocenters. The number of carboxylic acid groups (broad SMARTS) is 1. The van der Waals surface area contributed by atoms with E-state index < -0.39 is 5.97 Å². The van der Waals surface area contributed by atoms with E-state index in [1.54, 1.807) is 29.2 Å². The molecule has 2 heterocycles. The molecule has 0 spiro atoms. The molecule has 2 aliphatic heterocycles. The lowest BCUT2D eigenvalue weighted by Gasteiger charge is -2.35. The van der Waals surface area contributed by atoms with E-state index in [0.29, 0.717) is 25.2 Å². The number of piperazine rings is 1. The lowest BCUT2D eigenvalue weighted by Crippen LogP contribution is -2.49.